The Bertz CT molecular complexity index is 10.8. The highest BCUT2D eigenvalue weighted by Gasteiger charge is 1.80. The maximum Gasteiger partial charge on any atom is 0.205 e. The molecule has 0 spiro atoms. The third kappa shape index (κ3) is 28.5. The van der Waals surface area contributed by atoms with Crippen molar-refractivity contribution in [3.8, 4) is 0 Å². The van der Waals surface area contributed by atoms with Crippen LogP contribution < -0.4 is 0 Å². The molecule has 0 fully saturated rings. The molecule has 4 heavy (non-hydrogen) atoms. The number of hydrogen-bond acceptors (Lipinski definition) is 0. The van der Waals surface area contributed by atoms with Gasteiger partial charge in [0.25, 0.3) is 0 Å². The average Bonchev–Trinajstić information content (AvgIpc) is 0.811. The topological polar surface area (TPSA) is 0 Å². The first-order valence-electron chi connectivity index (χ1n) is 0.878. The van der Waals surface area contributed by atoms with E-state index < -0.39 is 0 Å². The van der Waals surface area contributed by atoms with Gasteiger partial charge in [0.1, 0.15) is 0 Å². The van der Waals surface area contributed by atoms with E-state index in [9.17, 15) is 4.39 Å². The van der Waals surface area contributed by atoms with Gasteiger partial charge in [-0.3, -0.25) is 0 Å². The number of halogens is 2. The lowest BCUT2D eigenvalue weighted by atomic mass is 10.9. The zero-order valence-corrected chi connectivity index (χ0v) is 3.84. The third-order valence-corrected chi connectivity index (χ3v) is 0. The van der Waals surface area contributed by atoms with Crippen LogP contribution in [0.2, 0.25) is 0 Å². The van der Waals surface area contributed by atoms with Crippen molar-refractivity contribution in [2.45, 2.75) is 6.92 Å². The molecule has 0 aromatic heterocycles. The smallest absolute Gasteiger partial charge is 0.205 e. The van der Waals surface area contributed by atoms with E-state index in [0.29, 0.717) is 0 Å². The molecule has 0 atom stereocenters. The van der Waals surface area contributed by atoms with Crippen molar-refractivity contribution < 1.29 is 4.39 Å². The summed E-state index contributed by atoms with van der Waals surface area (Å²) < 4.78 is 10.8. The van der Waals surface area contributed by atoms with E-state index in [-0.39, 0.29) is 5.08 Å². The van der Waals surface area contributed by atoms with Gasteiger partial charge in [0.15, 0.2) is 0 Å². The van der Waals surface area contributed by atoms with Gasteiger partial charge in [-0.2, -0.15) is 0 Å². The highest BCUT2D eigenvalue weighted by molar-refractivity contribution is 9.11. The minimum Gasteiger partial charge on any atom is -0.227 e. The SMILES string of the molecule is C[C](F)Br. The monoisotopic (exact) mass is 125 g/mol. The summed E-state index contributed by atoms with van der Waals surface area (Å²) in [6.07, 6.45) is 0. The van der Waals surface area contributed by atoms with E-state index in [1.165, 1.54) is 6.92 Å². The van der Waals surface area contributed by atoms with Crippen molar-refractivity contribution in [2.75, 3.05) is 0 Å². The van der Waals surface area contributed by atoms with Crippen molar-refractivity contribution >= 4 is 15.9 Å². The standard InChI is InChI=1S/C2H3BrF/c1-2(3)4/h1H3. The van der Waals surface area contributed by atoms with Crippen molar-refractivity contribution in [1.29, 1.82) is 0 Å². The zero-order chi connectivity index (χ0) is 3.58. The van der Waals surface area contributed by atoms with Crippen molar-refractivity contribution in [2.24, 2.45) is 0 Å². The van der Waals surface area contributed by atoms with E-state index in [1.807, 2.05) is 0 Å². The van der Waals surface area contributed by atoms with Gasteiger partial charge >= 0.3 is 0 Å². The fourth-order valence-corrected chi connectivity index (χ4v) is 0. The predicted octanol–water partition coefficient (Wildman–Crippen LogP) is 1.86. The van der Waals surface area contributed by atoms with Gasteiger partial charge in [-0.1, -0.05) is 0 Å². The van der Waals surface area contributed by atoms with Crippen molar-refractivity contribution in [3.05, 3.63) is 5.08 Å². The third-order valence-electron chi connectivity index (χ3n) is 0. The zero-order valence-electron chi connectivity index (χ0n) is 2.26. The van der Waals surface area contributed by atoms with Crippen LogP contribution in [0.5, 0.6) is 0 Å². The first-order chi connectivity index (χ1) is 1.73. The van der Waals surface area contributed by atoms with Crippen molar-refractivity contribution in [3.63, 3.8) is 0 Å². The van der Waals surface area contributed by atoms with Gasteiger partial charge in [0.05, 0.1) is 0 Å². The fourth-order valence-electron chi connectivity index (χ4n) is 0. The van der Waals surface area contributed by atoms with Gasteiger partial charge in [0, 0.05) is 0 Å². The van der Waals surface area contributed by atoms with Gasteiger partial charge in [-0.15, -0.1) is 0 Å². The summed E-state index contributed by atoms with van der Waals surface area (Å²) in [7, 11) is 0. The average molecular weight is 126 g/mol. The van der Waals surface area contributed by atoms with E-state index in [1.54, 1.807) is 0 Å². The second kappa shape index (κ2) is 1.70. The number of rotatable bonds is 0. The van der Waals surface area contributed by atoms with Crippen LogP contribution in [0.25, 0.3) is 0 Å². The second-order valence-corrected chi connectivity index (χ2v) is 1.54. The second-order valence-electron chi connectivity index (χ2n) is 0.449. The summed E-state index contributed by atoms with van der Waals surface area (Å²) in [6, 6.07) is 0. The van der Waals surface area contributed by atoms with E-state index in [4.69, 9.17) is 0 Å². The largest absolute Gasteiger partial charge is 0.227 e. The first-order valence-corrected chi connectivity index (χ1v) is 1.67. The molecule has 0 rings (SSSR count). The van der Waals surface area contributed by atoms with Gasteiger partial charge in [-0.05, 0) is 22.9 Å². The molecular weight excluding hydrogens is 123 g/mol. The van der Waals surface area contributed by atoms with Crippen molar-refractivity contribution in [1.82, 2.24) is 0 Å². The molecule has 0 aliphatic rings. The molecule has 0 aromatic rings. The van der Waals surface area contributed by atoms with Gasteiger partial charge in [-0.25, -0.2) is 4.39 Å². The van der Waals surface area contributed by atoms with Crippen LogP contribution >= 0.6 is 15.9 Å². The molecule has 1 radical (unpaired) electrons. The summed E-state index contributed by atoms with van der Waals surface area (Å²) in [6.45, 7) is 1.33. The Kier molecular flexibility index (Phi) is 1.88. The Morgan fingerprint density at radius 3 is 2.00 bits per heavy atom. The Morgan fingerprint density at radius 2 is 2.00 bits per heavy atom. The molecule has 0 nitrogen and oxygen atoms in total. The van der Waals surface area contributed by atoms with E-state index in [0.717, 1.165) is 0 Å². The summed E-state index contributed by atoms with van der Waals surface area (Å²) in [5.74, 6) is 0. The Balaban J connectivity index is 2.32. The van der Waals surface area contributed by atoms with Crippen LogP contribution in [0.3, 0.4) is 0 Å². The van der Waals surface area contributed by atoms with E-state index in [2.05, 4.69) is 15.9 Å². The highest BCUT2D eigenvalue weighted by Crippen LogP contribution is 2.05. The summed E-state index contributed by atoms with van der Waals surface area (Å²) in [5, 5.41) is -0.271. The normalized spacial score (nSPS) is 9.00. The quantitative estimate of drug-likeness (QED) is 0.464. The Labute approximate surface area is 33.1 Å². The minimum absolute atomic E-state index is 0.271. The maximum atomic E-state index is 10.8. The predicted molar refractivity (Wildman–Crippen MR) is 19.0 cm³/mol. The first kappa shape index (κ1) is 4.41. The molecule has 0 aliphatic carbocycles. The van der Waals surface area contributed by atoms with Crippen LogP contribution in [0.15, 0.2) is 0 Å². The lowest BCUT2D eigenvalue weighted by Gasteiger charge is -1.69. The summed E-state index contributed by atoms with van der Waals surface area (Å²) in [5.41, 5.74) is 0. The molecule has 25 valence electrons. The van der Waals surface area contributed by atoms with Crippen LogP contribution in [0, 0.1) is 5.08 Å². The van der Waals surface area contributed by atoms with Crippen LogP contribution in [-0.4, -0.2) is 0 Å². The molecule has 0 unspecified atom stereocenters. The van der Waals surface area contributed by atoms with E-state index >= 15 is 0 Å². The summed E-state index contributed by atoms with van der Waals surface area (Å²) >= 11 is 2.52. The number of hydrogen-bond donors (Lipinski definition) is 0. The molecule has 0 bridgehead atoms. The minimum atomic E-state index is -0.271. The Hall–Kier alpha value is 0.410. The lowest BCUT2D eigenvalue weighted by molar-refractivity contribution is 0.606. The fraction of sp³-hybridized carbons (Fsp3) is 0.500. The molecule has 0 aliphatic heterocycles. The lowest BCUT2D eigenvalue weighted by Crippen LogP contribution is -1.48. The highest BCUT2D eigenvalue weighted by atomic mass is 79.9. The van der Waals surface area contributed by atoms with Gasteiger partial charge in [0.2, 0.25) is 5.08 Å². The molecule has 0 saturated heterocycles. The summed E-state index contributed by atoms with van der Waals surface area (Å²) in [4.78, 5) is 0. The molecule has 0 aromatic carbocycles. The van der Waals surface area contributed by atoms with Crippen LogP contribution in [-0.2, 0) is 0 Å². The molecule has 0 saturated carbocycles. The van der Waals surface area contributed by atoms with Crippen LogP contribution in [0.1, 0.15) is 6.92 Å². The Morgan fingerprint density at radius 1 is 2.00 bits per heavy atom. The van der Waals surface area contributed by atoms with Gasteiger partial charge < -0.3 is 0 Å². The maximum absolute atomic E-state index is 10.8. The molecular formula is C2H3BrF. The molecule has 0 heterocycles. The molecule has 0 N–H and O–H groups in total. The van der Waals surface area contributed by atoms with Crippen LogP contribution in [0.4, 0.5) is 4.39 Å². The molecule has 0 amide bonds. The molecule has 2 heteroatoms.